The van der Waals surface area contributed by atoms with Crippen molar-refractivity contribution >= 4 is 17.9 Å². The number of fused-ring (bicyclic) bond motifs is 4. The normalized spacial score (nSPS) is 20.4. The van der Waals surface area contributed by atoms with Crippen molar-refractivity contribution in [1.29, 1.82) is 0 Å². The van der Waals surface area contributed by atoms with Crippen LogP contribution >= 0.6 is 0 Å². The molecule has 8 heteroatoms. The maximum absolute atomic E-state index is 13.5. The summed E-state index contributed by atoms with van der Waals surface area (Å²) in [6.45, 7) is 2.80. The van der Waals surface area contributed by atoms with Crippen molar-refractivity contribution in [2.45, 2.75) is 38.0 Å². The fourth-order valence-electron chi connectivity index (χ4n) is 6.13. The summed E-state index contributed by atoms with van der Waals surface area (Å²) >= 11 is 0. The smallest absolute Gasteiger partial charge is 0.411 e. The van der Waals surface area contributed by atoms with Crippen LogP contribution in [0.2, 0.25) is 0 Å². The fraction of sp³-hybridized carbons (Fsp3) is 0.323. The van der Waals surface area contributed by atoms with E-state index in [1.807, 2.05) is 48.5 Å². The van der Waals surface area contributed by atoms with E-state index in [9.17, 15) is 14.4 Å². The van der Waals surface area contributed by atoms with Crippen LogP contribution in [-0.2, 0) is 20.9 Å². The minimum absolute atomic E-state index is 0.0534. The SMILES string of the molecule is COc1ccc(CN2CC3N(C(=O)OCC4c5ccccc5-c5ccccc54)CCC(=O)N3C(C)C2=O)cc1. The van der Waals surface area contributed by atoms with Gasteiger partial charge < -0.3 is 19.3 Å². The highest BCUT2D eigenvalue weighted by atomic mass is 16.6. The second-order valence-electron chi connectivity index (χ2n) is 10.3. The number of ether oxygens (including phenoxy) is 2. The number of amides is 3. The van der Waals surface area contributed by atoms with Crippen molar-refractivity contribution in [1.82, 2.24) is 14.7 Å². The quantitative estimate of drug-likeness (QED) is 0.498. The van der Waals surface area contributed by atoms with Crippen LogP contribution in [0.25, 0.3) is 11.1 Å². The predicted octanol–water partition coefficient (Wildman–Crippen LogP) is 4.24. The molecule has 2 aliphatic heterocycles. The first-order chi connectivity index (χ1) is 19.0. The molecule has 0 radical (unpaired) electrons. The first kappa shape index (κ1) is 25.0. The first-order valence-corrected chi connectivity index (χ1v) is 13.3. The van der Waals surface area contributed by atoms with E-state index in [1.165, 1.54) is 0 Å². The Kier molecular flexibility index (Phi) is 6.46. The number of methoxy groups -OCH3 is 1. The van der Waals surface area contributed by atoms with Crippen LogP contribution in [0.4, 0.5) is 4.79 Å². The monoisotopic (exact) mass is 525 g/mol. The average molecular weight is 526 g/mol. The minimum Gasteiger partial charge on any atom is -0.497 e. The van der Waals surface area contributed by atoms with Gasteiger partial charge in [-0.05, 0) is 46.9 Å². The molecule has 200 valence electrons. The molecule has 0 aromatic heterocycles. The fourth-order valence-corrected chi connectivity index (χ4v) is 6.13. The van der Waals surface area contributed by atoms with E-state index in [-0.39, 0.29) is 43.8 Å². The molecular weight excluding hydrogens is 494 g/mol. The molecule has 1 aliphatic carbocycles. The standard InChI is InChI=1S/C31H31N3O5/c1-20-30(36)32(17-21-11-13-22(38-2)14-12-21)18-28-33(16-15-29(35)34(20)28)31(37)39-19-27-25-9-5-3-7-23(25)24-8-4-6-10-26(24)27/h3-14,20,27-28H,15-19H2,1-2H3. The second kappa shape index (κ2) is 10.1. The Morgan fingerprint density at radius 3 is 2.21 bits per heavy atom. The van der Waals surface area contributed by atoms with Crippen molar-refractivity contribution in [3.63, 3.8) is 0 Å². The number of carbonyl (C=O) groups is 3. The summed E-state index contributed by atoms with van der Waals surface area (Å²) in [5.74, 6) is 0.433. The lowest BCUT2D eigenvalue weighted by Crippen LogP contribution is -2.70. The number of rotatable bonds is 5. The number of piperazine rings is 1. The van der Waals surface area contributed by atoms with Gasteiger partial charge >= 0.3 is 6.09 Å². The Labute approximate surface area is 227 Å². The summed E-state index contributed by atoms with van der Waals surface area (Å²) < 4.78 is 11.2. The molecule has 2 fully saturated rings. The molecule has 8 nitrogen and oxygen atoms in total. The van der Waals surface area contributed by atoms with E-state index in [0.29, 0.717) is 6.54 Å². The third-order valence-electron chi connectivity index (χ3n) is 8.11. The summed E-state index contributed by atoms with van der Waals surface area (Å²) in [6.07, 6.45) is -0.880. The summed E-state index contributed by atoms with van der Waals surface area (Å²) in [7, 11) is 1.61. The predicted molar refractivity (Wildman–Crippen MR) is 145 cm³/mol. The summed E-state index contributed by atoms with van der Waals surface area (Å²) in [5.41, 5.74) is 5.56. The van der Waals surface area contributed by atoms with Crippen LogP contribution < -0.4 is 4.74 Å². The van der Waals surface area contributed by atoms with Crippen LogP contribution in [0, 0.1) is 0 Å². The van der Waals surface area contributed by atoms with Gasteiger partial charge in [-0.2, -0.15) is 0 Å². The largest absolute Gasteiger partial charge is 0.497 e. The van der Waals surface area contributed by atoms with Gasteiger partial charge in [-0.1, -0.05) is 60.7 Å². The van der Waals surface area contributed by atoms with E-state index in [4.69, 9.17) is 9.47 Å². The van der Waals surface area contributed by atoms with Gasteiger partial charge in [0.2, 0.25) is 11.8 Å². The van der Waals surface area contributed by atoms with E-state index >= 15 is 0 Å². The Morgan fingerprint density at radius 1 is 0.923 bits per heavy atom. The lowest BCUT2D eigenvalue weighted by atomic mass is 9.98. The van der Waals surface area contributed by atoms with Crippen LogP contribution in [0.1, 0.15) is 36.0 Å². The number of nitrogens with zero attached hydrogens (tertiary/aromatic N) is 3. The number of carbonyl (C=O) groups excluding carboxylic acids is 3. The van der Waals surface area contributed by atoms with Crippen molar-refractivity contribution in [2.24, 2.45) is 0 Å². The van der Waals surface area contributed by atoms with E-state index in [1.54, 1.807) is 28.7 Å². The average Bonchev–Trinajstić information content (AvgIpc) is 3.28. The second-order valence-corrected chi connectivity index (χ2v) is 10.3. The number of benzene rings is 3. The molecule has 39 heavy (non-hydrogen) atoms. The summed E-state index contributed by atoms with van der Waals surface area (Å²) in [4.78, 5) is 44.5. The van der Waals surface area contributed by atoms with E-state index in [2.05, 4.69) is 24.3 Å². The highest BCUT2D eigenvalue weighted by Gasteiger charge is 2.47. The maximum atomic E-state index is 13.5. The van der Waals surface area contributed by atoms with Gasteiger partial charge in [0, 0.05) is 25.4 Å². The number of hydrogen-bond donors (Lipinski definition) is 0. The first-order valence-electron chi connectivity index (χ1n) is 13.3. The van der Waals surface area contributed by atoms with E-state index in [0.717, 1.165) is 33.6 Å². The Bertz CT molecular complexity index is 1380. The molecular formula is C31H31N3O5. The third-order valence-corrected chi connectivity index (χ3v) is 8.11. The zero-order valence-corrected chi connectivity index (χ0v) is 22.1. The molecule has 3 amide bonds. The third kappa shape index (κ3) is 4.39. The molecule has 0 saturated carbocycles. The van der Waals surface area contributed by atoms with Gasteiger partial charge in [0.05, 0.1) is 13.7 Å². The zero-order chi connectivity index (χ0) is 27.1. The maximum Gasteiger partial charge on any atom is 0.411 e. The molecule has 2 unspecified atom stereocenters. The molecule has 2 heterocycles. The molecule has 3 aromatic rings. The van der Waals surface area contributed by atoms with Gasteiger partial charge in [0.25, 0.3) is 0 Å². The van der Waals surface area contributed by atoms with Crippen molar-refractivity contribution in [3.8, 4) is 16.9 Å². The molecule has 2 atom stereocenters. The lowest BCUT2D eigenvalue weighted by molar-refractivity contribution is -0.167. The van der Waals surface area contributed by atoms with Crippen LogP contribution in [-0.4, -0.2) is 71.6 Å². The lowest BCUT2D eigenvalue weighted by Gasteiger charge is -2.51. The van der Waals surface area contributed by atoms with Gasteiger partial charge in [0.1, 0.15) is 24.6 Å². The van der Waals surface area contributed by atoms with Crippen molar-refractivity contribution in [3.05, 3.63) is 89.5 Å². The summed E-state index contributed by atoms with van der Waals surface area (Å²) in [6, 6.07) is 23.3. The van der Waals surface area contributed by atoms with E-state index < -0.39 is 18.3 Å². The van der Waals surface area contributed by atoms with Crippen molar-refractivity contribution in [2.75, 3.05) is 26.8 Å². The molecule has 0 bridgehead atoms. The van der Waals surface area contributed by atoms with Gasteiger partial charge in [-0.3, -0.25) is 14.5 Å². The molecule has 0 N–H and O–H groups in total. The van der Waals surface area contributed by atoms with Crippen molar-refractivity contribution < 1.29 is 23.9 Å². The molecule has 3 aliphatic rings. The van der Waals surface area contributed by atoms with Crippen LogP contribution in [0.5, 0.6) is 5.75 Å². The Balaban J connectivity index is 1.20. The topological polar surface area (TPSA) is 79.4 Å². The summed E-state index contributed by atoms with van der Waals surface area (Å²) in [5, 5.41) is 0. The Hall–Kier alpha value is -4.33. The number of hydrogen-bond acceptors (Lipinski definition) is 5. The molecule has 0 spiro atoms. The highest BCUT2D eigenvalue weighted by molar-refractivity contribution is 5.90. The van der Waals surface area contributed by atoms with Gasteiger partial charge in [0.15, 0.2) is 0 Å². The van der Waals surface area contributed by atoms with Crippen LogP contribution in [0.3, 0.4) is 0 Å². The highest BCUT2D eigenvalue weighted by Crippen LogP contribution is 2.44. The minimum atomic E-state index is -0.668. The van der Waals surface area contributed by atoms with Gasteiger partial charge in [-0.15, -0.1) is 0 Å². The molecule has 6 rings (SSSR count). The Morgan fingerprint density at radius 2 is 1.56 bits per heavy atom. The molecule has 2 saturated heterocycles. The zero-order valence-electron chi connectivity index (χ0n) is 22.1. The van der Waals surface area contributed by atoms with Gasteiger partial charge in [-0.25, -0.2) is 4.79 Å². The van der Waals surface area contributed by atoms with Crippen LogP contribution in [0.15, 0.2) is 72.8 Å². The molecule has 3 aromatic carbocycles.